The summed E-state index contributed by atoms with van der Waals surface area (Å²) in [4.78, 5) is 0. The van der Waals surface area contributed by atoms with Crippen LogP contribution in [0.3, 0.4) is 0 Å². The molecule has 0 saturated carbocycles. The molecule has 4 rings (SSSR count). The minimum absolute atomic E-state index is 0.0775. The van der Waals surface area contributed by atoms with Crippen LogP contribution in [0.15, 0.2) is 78.9 Å². The van der Waals surface area contributed by atoms with Gasteiger partial charge in [-0.1, -0.05) is 94.4 Å². The Morgan fingerprint density at radius 1 is 0.903 bits per heavy atom. The summed E-state index contributed by atoms with van der Waals surface area (Å²) in [5.74, 6) is 0.912. The molecule has 0 amide bonds. The van der Waals surface area contributed by atoms with Crippen molar-refractivity contribution in [2.24, 2.45) is 0 Å². The molecule has 1 aliphatic rings. The summed E-state index contributed by atoms with van der Waals surface area (Å²) in [5.41, 5.74) is 2.40. The van der Waals surface area contributed by atoms with E-state index >= 15 is 0 Å². The smallest absolute Gasteiger partial charge is 0.319 e. The van der Waals surface area contributed by atoms with Crippen LogP contribution in [-0.2, 0) is 11.8 Å². The maximum atomic E-state index is 10.2. The van der Waals surface area contributed by atoms with Gasteiger partial charge in [0, 0.05) is 5.41 Å². The molecule has 162 valence electrons. The normalized spacial score (nSPS) is 19.0. The van der Waals surface area contributed by atoms with Crippen molar-refractivity contribution in [1.82, 2.24) is 0 Å². The van der Waals surface area contributed by atoms with Gasteiger partial charge in [-0.3, -0.25) is 0 Å². The number of benzene rings is 3. The van der Waals surface area contributed by atoms with Gasteiger partial charge in [-0.15, -0.1) is 0 Å². The highest BCUT2D eigenvalue weighted by atomic mass is 28.4. The van der Waals surface area contributed by atoms with Gasteiger partial charge in [-0.05, 0) is 57.9 Å². The van der Waals surface area contributed by atoms with Crippen molar-refractivity contribution >= 4 is 18.7 Å². The molecule has 3 heteroatoms. The zero-order valence-electron chi connectivity index (χ0n) is 19.2. The first kappa shape index (κ1) is 21.9. The number of aryl methyl sites for hydroxylation is 1. The monoisotopic (exact) mass is 430 g/mol. The lowest BCUT2D eigenvalue weighted by Crippen LogP contribution is -2.68. The molecular weight excluding hydrogens is 396 g/mol. The van der Waals surface area contributed by atoms with E-state index in [9.17, 15) is 5.11 Å². The second-order valence-electron chi connectivity index (χ2n) is 10.2. The van der Waals surface area contributed by atoms with Crippen LogP contribution in [0.5, 0.6) is 5.75 Å². The lowest BCUT2D eigenvalue weighted by Gasteiger charge is -2.43. The van der Waals surface area contributed by atoms with Gasteiger partial charge in [-0.25, -0.2) is 0 Å². The quantitative estimate of drug-likeness (QED) is 0.563. The highest BCUT2D eigenvalue weighted by molar-refractivity contribution is 7.00. The Hall–Kier alpha value is -2.36. The van der Waals surface area contributed by atoms with Crippen molar-refractivity contribution < 1.29 is 9.53 Å². The summed E-state index contributed by atoms with van der Waals surface area (Å²) in [6.45, 7) is 9.25. The van der Waals surface area contributed by atoms with Gasteiger partial charge in [0.15, 0.2) is 0 Å². The van der Waals surface area contributed by atoms with Crippen LogP contribution in [-0.4, -0.2) is 20.0 Å². The minimum atomic E-state index is -2.65. The van der Waals surface area contributed by atoms with E-state index in [1.54, 1.807) is 0 Å². The van der Waals surface area contributed by atoms with Crippen LogP contribution in [0.4, 0.5) is 0 Å². The van der Waals surface area contributed by atoms with E-state index in [1.807, 2.05) is 0 Å². The number of aliphatic hydroxyl groups is 1. The Kier molecular flexibility index (Phi) is 5.84. The van der Waals surface area contributed by atoms with Gasteiger partial charge in [0.1, 0.15) is 5.75 Å². The average molecular weight is 431 g/mol. The summed E-state index contributed by atoms with van der Waals surface area (Å²) in [7, 11) is -2.65. The zero-order chi connectivity index (χ0) is 22.1. The first-order valence-corrected chi connectivity index (χ1v) is 13.3. The molecule has 1 aliphatic carbocycles. The zero-order valence-corrected chi connectivity index (χ0v) is 20.2. The van der Waals surface area contributed by atoms with Gasteiger partial charge in [-0.2, -0.15) is 0 Å². The fourth-order valence-corrected chi connectivity index (χ4v) is 9.60. The first-order chi connectivity index (χ1) is 14.8. The lowest BCUT2D eigenvalue weighted by atomic mass is 9.72. The molecule has 3 aromatic carbocycles. The largest absolute Gasteiger partial charge is 0.534 e. The van der Waals surface area contributed by atoms with Gasteiger partial charge in [0.25, 0.3) is 0 Å². The van der Waals surface area contributed by atoms with E-state index in [-0.39, 0.29) is 17.1 Å². The summed E-state index contributed by atoms with van der Waals surface area (Å²) in [5, 5.41) is 12.6. The number of hydrogen-bond acceptors (Lipinski definition) is 2. The minimum Gasteiger partial charge on any atom is -0.534 e. The molecule has 1 atom stereocenters. The molecule has 0 saturated heterocycles. The third kappa shape index (κ3) is 3.86. The fraction of sp³-hybridized carbons (Fsp3) is 0.357. The maximum Gasteiger partial charge on any atom is 0.319 e. The van der Waals surface area contributed by atoms with Crippen LogP contribution in [0, 0.1) is 0 Å². The SMILES string of the molecule is CC1(CO)CCCc2ccc(O[Si](c3ccccc3)(c3ccccc3)C(C)(C)C)cc21. The molecule has 0 fully saturated rings. The molecule has 0 aromatic heterocycles. The Morgan fingerprint density at radius 3 is 2.00 bits per heavy atom. The van der Waals surface area contributed by atoms with E-state index in [1.165, 1.54) is 21.5 Å². The Labute approximate surface area is 188 Å². The Balaban J connectivity index is 1.90. The van der Waals surface area contributed by atoms with Crippen LogP contribution >= 0.6 is 0 Å². The number of rotatable bonds is 5. The van der Waals surface area contributed by atoms with Crippen LogP contribution in [0.2, 0.25) is 5.04 Å². The van der Waals surface area contributed by atoms with Crippen molar-refractivity contribution in [3.63, 3.8) is 0 Å². The molecule has 2 nitrogen and oxygen atoms in total. The average Bonchev–Trinajstić information content (AvgIpc) is 2.78. The maximum absolute atomic E-state index is 10.2. The molecule has 0 aliphatic heterocycles. The second kappa shape index (κ2) is 8.29. The van der Waals surface area contributed by atoms with Gasteiger partial charge in [0.2, 0.25) is 0 Å². The topological polar surface area (TPSA) is 29.5 Å². The second-order valence-corrected chi connectivity index (χ2v) is 14.4. The number of aliphatic hydroxyl groups excluding tert-OH is 1. The lowest BCUT2D eigenvalue weighted by molar-refractivity contribution is 0.188. The standard InChI is InChI=1S/C28H34O2Si/c1-27(2,3)31(24-13-7-5-8-14-24,25-15-9-6-10-16-25)30-23-18-17-22-12-11-19-28(4,21-29)26(22)20-23/h5-10,13-18,20,29H,11-12,19,21H2,1-4H3. The van der Waals surface area contributed by atoms with Crippen molar-refractivity contribution in [3.8, 4) is 5.75 Å². The molecule has 0 radical (unpaired) electrons. The Bertz CT molecular complexity index is 984. The van der Waals surface area contributed by atoms with Gasteiger partial charge < -0.3 is 9.53 Å². The van der Waals surface area contributed by atoms with Crippen molar-refractivity contribution in [2.45, 2.75) is 57.4 Å². The van der Waals surface area contributed by atoms with Gasteiger partial charge in [0.05, 0.1) is 6.61 Å². The summed E-state index contributed by atoms with van der Waals surface area (Å²) >= 11 is 0. The predicted octanol–water partition coefficient (Wildman–Crippen LogP) is 5.21. The van der Waals surface area contributed by atoms with Crippen molar-refractivity contribution in [1.29, 1.82) is 0 Å². The highest BCUT2D eigenvalue weighted by Crippen LogP contribution is 2.41. The molecule has 0 bridgehead atoms. The third-order valence-electron chi connectivity index (χ3n) is 6.94. The van der Waals surface area contributed by atoms with E-state index < -0.39 is 8.32 Å². The molecule has 31 heavy (non-hydrogen) atoms. The molecule has 1 N–H and O–H groups in total. The highest BCUT2D eigenvalue weighted by Gasteiger charge is 2.52. The molecular formula is C28H34O2Si. The van der Waals surface area contributed by atoms with Crippen molar-refractivity contribution in [3.05, 3.63) is 90.0 Å². The predicted molar refractivity (Wildman–Crippen MR) is 132 cm³/mol. The fourth-order valence-electron chi connectivity index (χ4n) is 5.19. The van der Waals surface area contributed by atoms with Crippen LogP contribution in [0.25, 0.3) is 0 Å². The van der Waals surface area contributed by atoms with E-state index in [4.69, 9.17) is 4.43 Å². The summed E-state index contributed by atoms with van der Waals surface area (Å²) < 4.78 is 7.20. The van der Waals surface area contributed by atoms with E-state index in [0.717, 1.165) is 25.0 Å². The number of fused-ring (bicyclic) bond motifs is 1. The third-order valence-corrected chi connectivity index (χ3v) is 11.9. The molecule has 1 unspecified atom stereocenters. The first-order valence-electron chi connectivity index (χ1n) is 11.3. The van der Waals surface area contributed by atoms with Gasteiger partial charge >= 0.3 is 8.32 Å². The van der Waals surface area contributed by atoms with E-state index in [0.29, 0.717) is 0 Å². The summed E-state index contributed by atoms with van der Waals surface area (Å²) in [6.07, 6.45) is 3.21. The van der Waals surface area contributed by atoms with Crippen LogP contribution in [0.1, 0.15) is 51.7 Å². The molecule has 3 aromatic rings. The van der Waals surface area contributed by atoms with Crippen molar-refractivity contribution in [2.75, 3.05) is 6.61 Å². The van der Waals surface area contributed by atoms with E-state index in [2.05, 4.69) is 107 Å². The molecule has 0 heterocycles. The summed E-state index contributed by atoms with van der Waals surface area (Å²) in [6, 6.07) is 28.1. The van der Waals surface area contributed by atoms with Crippen LogP contribution < -0.4 is 14.8 Å². The molecule has 0 spiro atoms. The number of hydrogen-bond donors (Lipinski definition) is 1. The Morgan fingerprint density at radius 2 is 1.48 bits per heavy atom.